The van der Waals surface area contributed by atoms with E-state index in [0.29, 0.717) is 5.69 Å². The molecule has 1 saturated carbocycles. The first-order valence-corrected chi connectivity index (χ1v) is 7.61. The van der Waals surface area contributed by atoms with Gasteiger partial charge in [0.1, 0.15) is 0 Å². The number of hydrogen-bond acceptors (Lipinski definition) is 2. The molecule has 1 aromatic rings. The summed E-state index contributed by atoms with van der Waals surface area (Å²) in [7, 11) is 0. The summed E-state index contributed by atoms with van der Waals surface area (Å²) >= 11 is 2.20. The average Bonchev–Trinajstić information content (AvgIpc) is 3.01. The van der Waals surface area contributed by atoms with Crippen LogP contribution < -0.4 is 5.32 Å². The van der Waals surface area contributed by atoms with Crippen LogP contribution in [0.25, 0.3) is 0 Å². The van der Waals surface area contributed by atoms with E-state index in [1.165, 1.54) is 0 Å². The zero-order valence-corrected chi connectivity index (χ0v) is 12.8. The molecule has 2 bridgehead atoms. The van der Waals surface area contributed by atoms with Crippen molar-refractivity contribution < 1.29 is 14.7 Å². The monoisotopic (exact) mass is 383 g/mol. The van der Waals surface area contributed by atoms with Crippen LogP contribution in [0, 0.1) is 27.2 Å². The van der Waals surface area contributed by atoms with Gasteiger partial charge < -0.3 is 10.4 Å². The fourth-order valence-electron chi connectivity index (χ4n) is 3.28. The molecule has 1 amide bonds. The molecule has 3 rings (SSSR count). The summed E-state index contributed by atoms with van der Waals surface area (Å²) in [5.41, 5.74) is 0.714. The van der Waals surface area contributed by atoms with Gasteiger partial charge in [-0.15, -0.1) is 0 Å². The summed E-state index contributed by atoms with van der Waals surface area (Å²) in [6, 6.07) is 7.48. The number of anilines is 1. The van der Waals surface area contributed by atoms with Gasteiger partial charge in [-0.25, -0.2) is 0 Å². The molecule has 4 atom stereocenters. The van der Waals surface area contributed by atoms with Crippen molar-refractivity contribution in [1.29, 1.82) is 0 Å². The summed E-state index contributed by atoms with van der Waals surface area (Å²) in [6.45, 7) is 0. The second kappa shape index (κ2) is 5.20. The van der Waals surface area contributed by atoms with E-state index < -0.39 is 17.8 Å². The highest BCUT2D eigenvalue weighted by Crippen LogP contribution is 2.48. The van der Waals surface area contributed by atoms with E-state index in [1.54, 1.807) is 0 Å². The number of benzene rings is 1. The first-order valence-electron chi connectivity index (χ1n) is 6.54. The van der Waals surface area contributed by atoms with Crippen LogP contribution in [0.3, 0.4) is 0 Å². The fourth-order valence-corrected chi connectivity index (χ4v) is 3.63. The molecule has 104 valence electrons. The average molecular weight is 383 g/mol. The predicted molar refractivity (Wildman–Crippen MR) is 83.1 cm³/mol. The molecule has 5 heteroatoms. The highest BCUT2D eigenvalue weighted by atomic mass is 127. The Morgan fingerprint density at radius 1 is 1.10 bits per heavy atom. The van der Waals surface area contributed by atoms with E-state index in [4.69, 9.17) is 0 Å². The van der Waals surface area contributed by atoms with Crippen molar-refractivity contribution >= 4 is 40.2 Å². The number of carbonyl (C=O) groups excluding carboxylic acids is 1. The third kappa shape index (κ3) is 2.34. The summed E-state index contributed by atoms with van der Waals surface area (Å²) < 4.78 is 1.09. The van der Waals surface area contributed by atoms with E-state index in [2.05, 4.69) is 27.9 Å². The highest BCUT2D eigenvalue weighted by molar-refractivity contribution is 14.1. The first kappa shape index (κ1) is 13.6. The Morgan fingerprint density at radius 2 is 1.70 bits per heavy atom. The highest BCUT2D eigenvalue weighted by Gasteiger charge is 2.51. The first-order chi connectivity index (χ1) is 9.56. The van der Waals surface area contributed by atoms with Crippen LogP contribution in [-0.2, 0) is 9.59 Å². The van der Waals surface area contributed by atoms with Crippen molar-refractivity contribution in [3.8, 4) is 0 Å². The number of fused-ring (bicyclic) bond motifs is 2. The van der Waals surface area contributed by atoms with Crippen LogP contribution in [0.4, 0.5) is 5.69 Å². The summed E-state index contributed by atoms with van der Waals surface area (Å²) in [6.07, 6.45) is 4.71. The molecule has 0 aliphatic heterocycles. The molecule has 2 aliphatic rings. The molecule has 2 N–H and O–H groups in total. The molecule has 4 nitrogen and oxygen atoms in total. The minimum atomic E-state index is -0.871. The van der Waals surface area contributed by atoms with Gasteiger partial charge in [-0.3, -0.25) is 9.59 Å². The van der Waals surface area contributed by atoms with E-state index in [9.17, 15) is 14.7 Å². The largest absolute Gasteiger partial charge is 0.481 e. The number of nitrogens with one attached hydrogen (secondary N) is 1. The predicted octanol–water partition coefficient (Wildman–Crippen LogP) is 2.75. The molecular weight excluding hydrogens is 369 g/mol. The Bertz CT molecular complexity index is 581. The van der Waals surface area contributed by atoms with Gasteiger partial charge in [0.15, 0.2) is 0 Å². The Labute approximate surface area is 130 Å². The Kier molecular flexibility index (Phi) is 3.54. The number of carboxylic acids is 1. The molecule has 0 heterocycles. The van der Waals surface area contributed by atoms with Crippen LogP contribution in [-0.4, -0.2) is 17.0 Å². The quantitative estimate of drug-likeness (QED) is 0.623. The minimum absolute atomic E-state index is 0.00460. The van der Waals surface area contributed by atoms with Crippen molar-refractivity contribution in [3.05, 3.63) is 40.0 Å². The molecule has 0 aromatic heterocycles. The van der Waals surface area contributed by atoms with Gasteiger partial charge in [-0.1, -0.05) is 12.2 Å². The van der Waals surface area contributed by atoms with Gasteiger partial charge in [0.05, 0.1) is 11.8 Å². The lowest BCUT2D eigenvalue weighted by Crippen LogP contribution is -2.36. The minimum Gasteiger partial charge on any atom is -0.481 e. The van der Waals surface area contributed by atoms with E-state index >= 15 is 0 Å². The second-order valence-corrected chi connectivity index (χ2v) is 6.58. The van der Waals surface area contributed by atoms with Crippen LogP contribution in [0.15, 0.2) is 36.4 Å². The lowest BCUT2D eigenvalue weighted by molar-refractivity contribution is -0.146. The summed E-state index contributed by atoms with van der Waals surface area (Å²) in [5.74, 6) is -2.04. The van der Waals surface area contributed by atoms with Crippen molar-refractivity contribution in [1.82, 2.24) is 0 Å². The second-order valence-electron chi connectivity index (χ2n) is 5.33. The van der Waals surface area contributed by atoms with E-state index in [1.807, 2.05) is 36.4 Å². The number of amides is 1. The zero-order valence-electron chi connectivity index (χ0n) is 10.6. The number of carboxylic acid groups (broad SMARTS) is 1. The van der Waals surface area contributed by atoms with Crippen LogP contribution in [0.5, 0.6) is 0 Å². The number of hydrogen-bond donors (Lipinski definition) is 2. The van der Waals surface area contributed by atoms with Gasteiger partial charge in [0, 0.05) is 9.26 Å². The molecule has 0 saturated heterocycles. The van der Waals surface area contributed by atoms with Crippen molar-refractivity contribution in [2.24, 2.45) is 23.7 Å². The standard InChI is InChI=1S/C15H14INO3/c16-10-3-5-11(6-4-10)17-14(18)12-8-1-2-9(7-8)13(12)15(19)20/h1-6,8-9,12-13H,7H2,(H,17,18)(H,19,20)/t8?,9?,12-,13+/m1/s1. The van der Waals surface area contributed by atoms with Crippen molar-refractivity contribution in [2.75, 3.05) is 5.32 Å². The Hall–Kier alpha value is -1.37. The number of halogens is 1. The molecule has 1 aromatic carbocycles. The Balaban J connectivity index is 1.78. The molecular formula is C15H14INO3. The van der Waals surface area contributed by atoms with Gasteiger partial charge in [0.25, 0.3) is 0 Å². The Morgan fingerprint density at radius 3 is 2.30 bits per heavy atom. The molecule has 1 fully saturated rings. The molecule has 0 spiro atoms. The lowest BCUT2D eigenvalue weighted by atomic mass is 9.82. The maximum atomic E-state index is 12.4. The van der Waals surface area contributed by atoms with Crippen LogP contribution in [0.2, 0.25) is 0 Å². The normalized spacial score (nSPS) is 30.4. The smallest absolute Gasteiger partial charge is 0.307 e. The molecule has 20 heavy (non-hydrogen) atoms. The fraction of sp³-hybridized carbons (Fsp3) is 0.333. The third-order valence-electron chi connectivity index (χ3n) is 4.16. The van der Waals surface area contributed by atoms with Gasteiger partial charge >= 0.3 is 5.97 Å². The van der Waals surface area contributed by atoms with Gasteiger partial charge in [-0.05, 0) is 65.1 Å². The van der Waals surface area contributed by atoms with Crippen LogP contribution in [0.1, 0.15) is 6.42 Å². The lowest BCUT2D eigenvalue weighted by Gasteiger charge is -2.23. The van der Waals surface area contributed by atoms with Crippen molar-refractivity contribution in [3.63, 3.8) is 0 Å². The molecule has 2 unspecified atom stereocenters. The van der Waals surface area contributed by atoms with Gasteiger partial charge in [-0.2, -0.15) is 0 Å². The molecule has 0 radical (unpaired) electrons. The SMILES string of the molecule is O=C(Nc1ccc(I)cc1)[C@@H]1C2C=CC(C2)[C@@H]1C(=O)O. The van der Waals surface area contributed by atoms with E-state index in [0.717, 1.165) is 9.99 Å². The summed E-state index contributed by atoms with van der Waals surface area (Å²) in [5, 5.41) is 12.2. The maximum absolute atomic E-state index is 12.4. The molecule has 2 aliphatic carbocycles. The number of carbonyl (C=O) groups is 2. The third-order valence-corrected chi connectivity index (χ3v) is 4.88. The summed E-state index contributed by atoms with van der Waals surface area (Å²) in [4.78, 5) is 23.8. The number of allylic oxidation sites excluding steroid dienone is 2. The van der Waals surface area contributed by atoms with Gasteiger partial charge in [0.2, 0.25) is 5.91 Å². The maximum Gasteiger partial charge on any atom is 0.307 e. The van der Waals surface area contributed by atoms with Crippen LogP contribution >= 0.6 is 22.6 Å². The number of aliphatic carboxylic acids is 1. The van der Waals surface area contributed by atoms with E-state index in [-0.39, 0.29) is 17.7 Å². The number of rotatable bonds is 3. The van der Waals surface area contributed by atoms with Crippen molar-refractivity contribution in [2.45, 2.75) is 6.42 Å². The topological polar surface area (TPSA) is 66.4 Å². The zero-order chi connectivity index (χ0) is 14.3.